The number of nitro groups is 1. The third-order valence-corrected chi connectivity index (χ3v) is 6.67. The molecule has 0 fully saturated rings. The number of aryl methyl sites for hydroxylation is 2. The molecule has 2 heterocycles. The van der Waals surface area contributed by atoms with Crippen LogP contribution in [-0.4, -0.2) is 38.9 Å². The molecule has 1 N–H and O–H groups in total. The predicted molar refractivity (Wildman–Crippen MR) is 151 cm³/mol. The summed E-state index contributed by atoms with van der Waals surface area (Å²) in [7, 11) is 0. The Morgan fingerprint density at radius 1 is 0.974 bits per heavy atom. The molecule has 10 heteroatoms. The molecule has 0 radical (unpaired) electrons. The number of aromatic nitrogens is 3. The maximum Gasteiger partial charge on any atom is 0.291 e. The van der Waals surface area contributed by atoms with Crippen molar-refractivity contribution in [3.05, 3.63) is 93.7 Å². The first-order chi connectivity index (χ1) is 18.8. The van der Waals surface area contributed by atoms with E-state index < -0.39 is 10.8 Å². The van der Waals surface area contributed by atoms with Gasteiger partial charge in [-0.05, 0) is 81.3 Å². The van der Waals surface area contributed by atoms with Gasteiger partial charge in [0, 0.05) is 42.2 Å². The highest BCUT2D eigenvalue weighted by atomic mass is 16.6. The van der Waals surface area contributed by atoms with Gasteiger partial charge >= 0.3 is 0 Å². The van der Waals surface area contributed by atoms with E-state index in [1.165, 1.54) is 18.2 Å². The van der Waals surface area contributed by atoms with Gasteiger partial charge in [0.1, 0.15) is 16.8 Å². The molecule has 0 saturated heterocycles. The number of hydrogen-bond acceptors (Lipinski definition) is 7. The van der Waals surface area contributed by atoms with Crippen molar-refractivity contribution in [1.82, 2.24) is 15.0 Å². The van der Waals surface area contributed by atoms with Crippen LogP contribution in [0.2, 0.25) is 0 Å². The van der Waals surface area contributed by atoms with Crippen LogP contribution in [0.3, 0.4) is 0 Å². The van der Waals surface area contributed by atoms with Crippen LogP contribution in [0.15, 0.2) is 71.1 Å². The normalized spacial score (nSPS) is 11.1. The monoisotopic (exact) mass is 524 g/mol. The van der Waals surface area contributed by atoms with Gasteiger partial charge < -0.3 is 14.6 Å². The van der Waals surface area contributed by atoms with Gasteiger partial charge in [0.05, 0.1) is 10.6 Å². The Balaban J connectivity index is 1.38. The lowest BCUT2D eigenvalue weighted by Crippen LogP contribution is -2.21. The summed E-state index contributed by atoms with van der Waals surface area (Å²) in [5.41, 5.74) is 6.31. The summed E-state index contributed by atoms with van der Waals surface area (Å²) in [6.07, 6.45) is 0. The minimum atomic E-state index is -0.474. The summed E-state index contributed by atoms with van der Waals surface area (Å²) >= 11 is 0. The zero-order chi connectivity index (χ0) is 27.7. The molecule has 0 bridgehead atoms. The first kappa shape index (κ1) is 25.7. The van der Waals surface area contributed by atoms with Crippen molar-refractivity contribution >= 4 is 34.0 Å². The highest BCUT2D eigenvalue weighted by Gasteiger charge is 2.17. The van der Waals surface area contributed by atoms with Crippen molar-refractivity contribution in [2.75, 3.05) is 23.3 Å². The summed E-state index contributed by atoms with van der Waals surface area (Å²) in [6.45, 7) is 10.1. The van der Waals surface area contributed by atoms with Crippen molar-refractivity contribution in [2.24, 2.45) is 0 Å². The molecule has 1 amide bonds. The Hall–Kier alpha value is -4.99. The van der Waals surface area contributed by atoms with Gasteiger partial charge in [-0.25, -0.2) is 0 Å². The number of furan rings is 1. The zero-order valence-electron chi connectivity index (χ0n) is 22.1. The lowest BCUT2D eigenvalue weighted by molar-refractivity contribution is -0.384. The van der Waals surface area contributed by atoms with Crippen LogP contribution in [0, 0.1) is 24.0 Å². The van der Waals surface area contributed by atoms with E-state index in [2.05, 4.69) is 46.4 Å². The van der Waals surface area contributed by atoms with Crippen LogP contribution in [-0.2, 0) is 0 Å². The van der Waals surface area contributed by atoms with E-state index in [0.717, 1.165) is 35.6 Å². The third kappa shape index (κ3) is 5.08. The zero-order valence-corrected chi connectivity index (χ0v) is 22.1. The Kier molecular flexibility index (Phi) is 6.84. The molecule has 39 heavy (non-hydrogen) atoms. The number of carbonyl (C=O) groups excluding carboxylic acids is 1. The van der Waals surface area contributed by atoms with Crippen molar-refractivity contribution in [3.8, 4) is 17.0 Å². The number of nitrogens with zero attached hydrogens (tertiary/aromatic N) is 5. The second-order valence-corrected chi connectivity index (χ2v) is 9.21. The minimum Gasteiger partial charge on any atom is -0.451 e. The van der Waals surface area contributed by atoms with Gasteiger partial charge in [0.2, 0.25) is 0 Å². The average molecular weight is 525 g/mol. The smallest absolute Gasteiger partial charge is 0.291 e. The molecule has 5 aromatic rings. The molecule has 2 aromatic heterocycles. The molecule has 0 saturated carbocycles. The van der Waals surface area contributed by atoms with E-state index in [1.54, 1.807) is 29.1 Å². The average Bonchev–Trinajstić information content (AvgIpc) is 3.57. The highest BCUT2D eigenvalue weighted by Crippen LogP contribution is 2.28. The van der Waals surface area contributed by atoms with Crippen LogP contribution in [0.4, 0.5) is 17.1 Å². The standard InChI is InChI=1S/C29H28N6O4/c1-5-33(6-2)21-10-11-26(19(4)14-21)34-31-24-15-18(3)23(17-25(24)32-34)30-29(36)28-13-12-27(39-28)20-8-7-9-22(16-20)35(37)38/h7-17H,5-6H2,1-4H3,(H,30,36). The second-order valence-electron chi connectivity index (χ2n) is 9.21. The highest BCUT2D eigenvalue weighted by molar-refractivity contribution is 6.04. The molecule has 0 spiro atoms. The van der Waals surface area contributed by atoms with Gasteiger partial charge in [-0.3, -0.25) is 14.9 Å². The first-order valence-corrected chi connectivity index (χ1v) is 12.7. The van der Waals surface area contributed by atoms with Crippen LogP contribution in [0.5, 0.6) is 0 Å². The quantitative estimate of drug-likeness (QED) is 0.187. The lowest BCUT2D eigenvalue weighted by Gasteiger charge is -2.22. The van der Waals surface area contributed by atoms with Crippen LogP contribution >= 0.6 is 0 Å². The molecule has 198 valence electrons. The van der Waals surface area contributed by atoms with Crippen molar-refractivity contribution in [3.63, 3.8) is 0 Å². The van der Waals surface area contributed by atoms with E-state index in [9.17, 15) is 14.9 Å². The summed E-state index contributed by atoms with van der Waals surface area (Å²) in [5.74, 6) is 0.00859. The minimum absolute atomic E-state index is 0.0538. The van der Waals surface area contributed by atoms with Gasteiger partial charge in [0.25, 0.3) is 11.6 Å². The van der Waals surface area contributed by atoms with Crippen LogP contribution < -0.4 is 10.2 Å². The number of non-ortho nitro benzene ring substituents is 1. The maximum absolute atomic E-state index is 13.0. The Bertz CT molecular complexity index is 1700. The van der Waals surface area contributed by atoms with Gasteiger partial charge in [-0.2, -0.15) is 4.80 Å². The molecule has 0 aliphatic carbocycles. The van der Waals surface area contributed by atoms with E-state index >= 15 is 0 Å². The number of carbonyl (C=O) groups is 1. The van der Waals surface area contributed by atoms with Crippen molar-refractivity contribution < 1.29 is 14.1 Å². The van der Waals surface area contributed by atoms with E-state index in [1.807, 2.05) is 26.0 Å². The maximum atomic E-state index is 13.0. The number of fused-ring (bicyclic) bond motifs is 1. The van der Waals surface area contributed by atoms with Gasteiger partial charge in [0.15, 0.2) is 5.76 Å². The molecule has 0 unspecified atom stereocenters. The number of benzene rings is 3. The number of nitro benzene ring substituents is 1. The van der Waals surface area contributed by atoms with E-state index in [4.69, 9.17) is 4.42 Å². The Morgan fingerprint density at radius 3 is 2.41 bits per heavy atom. The molecular formula is C29H28N6O4. The fourth-order valence-corrected chi connectivity index (χ4v) is 4.53. The Labute approximate surface area is 225 Å². The molecule has 0 aliphatic heterocycles. The number of nitrogens with one attached hydrogen (secondary N) is 1. The number of rotatable bonds is 8. The summed E-state index contributed by atoms with van der Waals surface area (Å²) < 4.78 is 5.71. The predicted octanol–water partition coefficient (Wildman–Crippen LogP) is 6.30. The lowest BCUT2D eigenvalue weighted by atomic mass is 10.1. The van der Waals surface area contributed by atoms with E-state index in [0.29, 0.717) is 28.0 Å². The summed E-state index contributed by atoms with van der Waals surface area (Å²) in [6, 6.07) is 19.1. The van der Waals surface area contributed by atoms with E-state index in [-0.39, 0.29) is 11.4 Å². The van der Waals surface area contributed by atoms with Crippen molar-refractivity contribution in [1.29, 1.82) is 0 Å². The Morgan fingerprint density at radius 2 is 1.72 bits per heavy atom. The van der Waals surface area contributed by atoms with Gasteiger partial charge in [-0.15, -0.1) is 10.2 Å². The summed E-state index contributed by atoms with van der Waals surface area (Å²) in [5, 5.41) is 23.3. The molecular weight excluding hydrogens is 496 g/mol. The molecule has 0 atom stereocenters. The third-order valence-electron chi connectivity index (χ3n) is 6.67. The molecule has 0 aliphatic rings. The number of amides is 1. The largest absolute Gasteiger partial charge is 0.451 e. The molecule has 3 aromatic carbocycles. The summed E-state index contributed by atoms with van der Waals surface area (Å²) in [4.78, 5) is 27.5. The second kappa shape index (κ2) is 10.4. The molecule has 10 nitrogen and oxygen atoms in total. The van der Waals surface area contributed by atoms with Crippen LogP contribution in [0.25, 0.3) is 28.0 Å². The molecule has 5 rings (SSSR count). The first-order valence-electron chi connectivity index (χ1n) is 12.7. The SMILES string of the molecule is CCN(CC)c1ccc(-n2nc3cc(C)c(NC(=O)c4ccc(-c5cccc([N+](=O)[O-])c5)o4)cc3n2)c(C)c1. The van der Waals surface area contributed by atoms with Crippen LogP contribution in [0.1, 0.15) is 35.5 Å². The number of hydrogen-bond donors (Lipinski definition) is 1. The topological polar surface area (TPSA) is 119 Å². The van der Waals surface area contributed by atoms with Crippen molar-refractivity contribution in [2.45, 2.75) is 27.7 Å². The fourth-order valence-electron chi connectivity index (χ4n) is 4.53. The fraction of sp³-hybridized carbons (Fsp3) is 0.207. The van der Waals surface area contributed by atoms with Gasteiger partial charge in [-0.1, -0.05) is 12.1 Å². The number of anilines is 2.